The van der Waals surface area contributed by atoms with Crippen LogP contribution in [0.4, 0.5) is 11.6 Å². The largest absolute Gasteiger partial charge is 0.382 e. The maximum absolute atomic E-state index is 5.53. The van der Waals surface area contributed by atoms with Crippen molar-refractivity contribution in [3.05, 3.63) is 12.1 Å². The van der Waals surface area contributed by atoms with E-state index in [1.807, 2.05) is 12.1 Å². The third-order valence-electron chi connectivity index (χ3n) is 3.13. The van der Waals surface area contributed by atoms with E-state index in [1.54, 1.807) is 0 Å². The molecule has 2 atom stereocenters. The van der Waals surface area contributed by atoms with Gasteiger partial charge in [0.2, 0.25) is 0 Å². The summed E-state index contributed by atoms with van der Waals surface area (Å²) in [5.41, 5.74) is 5.53. The average Bonchev–Trinajstić information content (AvgIpc) is 2.20. The first-order chi connectivity index (χ1) is 7.18. The van der Waals surface area contributed by atoms with Gasteiger partial charge in [-0.2, -0.15) is 0 Å². The van der Waals surface area contributed by atoms with Crippen molar-refractivity contribution in [1.82, 2.24) is 10.2 Å². The molecule has 82 valence electrons. The Kier molecular flexibility index (Phi) is 2.75. The van der Waals surface area contributed by atoms with Gasteiger partial charge in [0, 0.05) is 12.1 Å². The number of hydrogen-bond donors (Lipinski definition) is 1. The van der Waals surface area contributed by atoms with Crippen molar-refractivity contribution in [3.8, 4) is 0 Å². The summed E-state index contributed by atoms with van der Waals surface area (Å²) in [6, 6.07) is 4.87. The number of nitrogens with two attached hydrogens (primary N) is 1. The molecule has 15 heavy (non-hydrogen) atoms. The van der Waals surface area contributed by atoms with E-state index in [9.17, 15) is 0 Å². The molecular weight excluding hydrogens is 188 g/mol. The Bertz CT molecular complexity index is 312. The van der Waals surface area contributed by atoms with Crippen LogP contribution in [-0.4, -0.2) is 22.3 Å². The van der Waals surface area contributed by atoms with Crippen molar-refractivity contribution in [3.63, 3.8) is 0 Å². The Morgan fingerprint density at radius 3 is 2.40 bits per heavy atom. The molecule has 0 spiro atoms. The van der Waals surface area contributed by atoms with Gasteiger partial charge in [-0.1, -0.05) is 0 Å². The van der Waals surface area contributed by atoms with Crippen LogP contribution in [0.1, 0.15) is 33.1 Å². The molecule has 0 saturated carbocycles. The van der Waals surface area contributed by atoms with Gasteiger partial charge in [-0.3, -0.25) is 0 Å². The number of nitrogen functional groups attached to an aromatic ring is 1. The molecule has 0 bridgehead atoms. The molecule has 2 N–H and O–H groups in total. The van der Waals surface area contributed by atoms with E-state index in [4.69, 9.17) is 5.73 Å². The highest BCUT2D eigenvalue weighted by Crippen LogP contribution is 2.27. The second-order valence-electron chi connectivity index (χ2n) is 4.35. The minimum absolute atomic E-state index is 0.482. The summed E-state index contributed by atoms with van der Waals surface area (Å²) in [6.45, 7) is 4.49. The molecule has 2 rings (SSSR count). The minimum Gasteiger partial charge on any atom is -0.382 e. The molecule has 0 aliphatic carbocycles. The maximum Gasteiger partial charge on any atom is 0.151 e. The smallest absolute Gasteiger partial charge is 0.151 e. The van der Waals surface area contributed by atoms with Crippen LogP contribution in [0.5, 0.6) is 0 Å². The maximum atomic E-state index is 5.53. The van der Waals surface area contributed by atoms with Gasteiger partial charge in [-0.05, 0) is 45.2 Å². The molecule has 4 heteroatoms. The normalized spacial score (nSPS) is 26.7. The molecular formula is C11H18N4. The van der Waals surface area contributed by atoms with E-state index in [1.165, 1.54) is 19.3 Å². The van der Waals surface area contributed by atoms with E-state index in [2.05, 4.69) is 28.9 Å². The summed E-state index contributed by atoms with van der Waals surface area (Å²) >= 11 is 0. The molecule has 1 aromatic heterocycles. The molecule has 2 heterocycles. The molecule has 1 saturated heterocycles. The molecule has 1 aromatic rings. The Morgan fingerprint density at radius 1 is 1.20 bits per heavy atom. The summed E-state index contributed by atoms with van der Waals surface area (Å²) in [6.07, 6.45) is 3.77. The van der Waals surface area contributed by atoms with Gasteiger partial charge in [-0.15, -0.1) is 10.2 Å². The SMILES string of the molecule is C[C@H]1CCC[C@H](C)N1c1ccc(N)nn1. The second kappa shape index (κ2) is 4.04. The number of rotatable bonds is 1. The zero-order chi connectivity index (χ0) is 10.8. The number of piperidine rings is 1. The van der Waals surface area contributed by atoms with Gasteiger partial charge < -0.3 is 10.6 Å². The molecule has 0 radical (unpaired) electrons. The van der Waals surface area contributed by atoms with Crippen molar-refractivity contribution >= 4 is 11.6 Å². The quantitative estimate of drug-likeness (QED) is 0.761. The van der Waals surface area contributed by atoms with Crippen molar-refractivity contribution in [2.75, 3.05) is 10.6 Å². The van der Waals surface area contributed by atoms with Gasteiger partial charge in [0.15, 0.2) is 5.82 Å². The lowest BCUT2D eigenvalue weighted by Crippen LogP contribution is -2.44. The topological polar surface area (TPSA) is 55.0 Å². The zero-order valence-corrected chi connectivity index (χ0v) is 9.35. The number of aromatic nitrogens is 2. The van der Waals surface area contributed by atoms with E-state index in [0.29, 0.717) is 17.9 Å². The predicted octanol–water partition coefficient (Wildman–Crippen LogP) is 1.83. The van der Waals surface area contributed by atoms with Crippen LogP contribution in [0.2, 0.25) is 0 Å². The third-order valence-corrected chi connectivity index (χ3v) is 3.13. The van der Waals surface area contributed by atoms with Crippen molar-refractivity contribution < 1.29 is 0 Å². The Balaban J connectivity index is 2.23. The zero-order valence-electron chi connectivity index (χ0n) is 9.35. The summed E-state index contributed by atoms with van der Waals surface area (Å²) in [7, 11) is 0. The van der Waals surface area contributed by atoms with Gasteiger partial charge >= 0.3 is 0 Å². The van der Waals surface area contributed by atoms with E-state index < -0.39 is 0 Å². The van der Waals surface area contributed by atoms with Gasteiger partial charge in [-0.25, -0.2) is 0 Å². The number of anilines is 2. The fourth-order valence-electron chi connectivity index (χ4n) is 2.35. The molecule has 4 nitrogen and oxygen atoms in total. The standard InChI is InChI=1S/C11H18N4/c1-8-4-3-5-9(2)15(8)11-7-6-10(12)13-14-11/h6-9H,3-5H2,1-2H3,(H2,12,13)/t8-,9-/m0/s1. The van der Waals surface area contributed by atoms with Gasteiger partial charge in [0.05, 0.1) is 0 Å². The third kappa shape index (κ3) is 2.03. The summed E-state index contributed by atoms with van der Waals surface area (Å²) in [5, 5.41) is 8.06. The van der Waals surface area contributed by atoms with Gasteiger partial charge in [0.25, 0.3) is 0 Å². The van der Waals surface area contributed by atoms with Crippen LogP contribution >= 0.6 is 0 Å². The Labute approximate surface area is 90.5 Å². The highest BCUT2D eigenvalue weighted by Gasteiger charge is 2.25. The predicted molar refractivity (Wildman–Crippen MR) is 61.7 cm³/mol. The van der Waals surface area contributed by atoms with Crippen LogP contribution in [0.3, 0.4) is 0 Å². The molecule has 0 aromatic carbocycles. The van der Waals surface area contributed by atoms with Crippen molar-refractivity contribution in [2.45, 2.75) is 45.2 Å². The first kappa shape index (κ1) is 10.2. The average molecular weight is 206 g/mol. The van der Waals surface area contributed by atoms with Crippen LogP contribution in [0, 0.1) is 0 Å². The van der Waals surface area contributed by atoms with E-state index >= 15 is 0 Å². The molecule has 1 aliphatic heterocycles. The lowest BCUT2D eigenvalue weighted by atomic mass is 9.98. The van der Waals surface area contributed by atoms with Crippen LogP contribution < -0.4 is 10.6 Å². The second-order valence-corrected chi connectivity index (χ2v) is 4.35. The molecule has 1 fully saturated rings. The van der Waals surface area contributed by atoms with E-state index in [0.717, 1.165) is 5.82 Å². The fraction of sp³-hybridized carbons (Fsp3) is 0.636. The highest BCUT2D eigenvalue weighted by molar-refractivity contribution is 5.43. The summed E-state index contributed by atoms with van der Waals surface area (Å²) in [5.74, 6) is 1.43. The van der Waals surface area contributed by atoms with Crippen LogP contribution in [-0.2, 0) is 0 Å². The van der Waals surface area contributed by atoms with E-state index in [-0.39, 0.29) is 0 Å². The molecule has 1 aliphatic rings. The molecule has 0 unspecified atom stereocenters. The Morgan fingerprint density at radius 2 is 1.87 bits per heavy atom. The number of hydrogen-bond acceptors (Lipinski definition) is 4. The number of nitrogens with zero attached hydrogens (tertiary/aromatic N) is 3. The first-order valence-electron chi connectivity index (χ1n) is 5.56. The van der Waals surface area contributed by atoms with Crippen molar-refractivity contribution in [1.29, 1.82) is 0 Å². The monoisotopic (exact) mass is 206 g/mol. The first-order valence-corrected chi connectivity index (χ1v) is 5.56. The summed E-state index contributed by atoms with van der Waals surface area (Å²) in [4.78, 5) is 2.34. The summed E-state index contributed by atoms with van der Waals surface area (Å²) < 4.78 is 0. The Hall–Kier alpha value is -1.32. The lowest BCUT2D eigenvalue weighted by molar-refractivity contribution is 0.410. The van der Waals surface area contributed by atoms with Crippen LogP contribution in [0.25, 0.3) is 0 Å². The van der Waals surface area contributed by atoms with Gasteiger partial charge in [0.1, 0.15) is 5.82 Å². The highest BCUT2D eigenvalue weighted by atomic mass is 15.3. The minimum atomic E-state index is 0.482. The molecule has 0 amide bonds. The van der Waals surface area contributed by atoms with Crippen molar-refractivity contribution in [2.24, 2.45) is 0 Å². The fourth-order valence-corrected chi connectivity index (χ4v) is 2.35. The lowest BCUT2D eigenvalue weighted by Gasteiger charge is -2.39. The van der Waals surface area contributed by atoms with Crippen LogP contribution in [0.15, 0.2) is 12.1 Å².